The Morgan fingerprint density at radius 3 is 2.54 bits per heavy atom. The minimum absolute atomic E-state index is 0.158. The van der Waals surface area contributed by atoms with Crippen molar-refractivity contribution < 1.29 is 14.4 Å². The van der Waals surface area contributed by atoms with Crippen molar-refractivity contribution in [2.45, 2.75) is 19.9 Å². The molecule has 2 heterocycles. The average molecular weight is 320 g/mol. The Labute approximate surface area is 138 Å². The zero-order valence-corrected chi connectivity index (χ0v) is 13.4. The summed E-state index contributed by atoms with van der Waals surface area (Å²) in [6.45, 7) is 4.33. The lowest BCUT2D eigenvalue weighted by Crippen LogP contribution is -1.99. The molecule has 0 unspecified atom stereocenters. The van der Waals surface area contributed by atoms with E-state index in [-0.39, 0.29) is 5.76 Å². The molecular weight excluding hydrogens is 304 g/mol. The quantitative estimate of drug-likeness (QED) is 0.592. The van der Waals surface area contributed by atoms with Crippen LogP contribution >= 0.6 is 0 Å². The molecule has 0 aliphatic heterocycles. The smallest absolute Gasteiger partial charge is 0.374 e. The number of benzene rings is 2. The first kappa shape index (κ1) is 14.5. The molecule has 120 valence electrons. The lowest BCUT2D eigenvalue weighted by atomic mass is 10.1. The van der Waals surface area contributed by atoms with Gasteiger partial charge in [0.2, 0.25) is 5.76 Å². The third kappa shape index (κ3) is 2.09. The molecule has 0 amide bonds. The van der Waals surface area contributed by atoms with Gasteiger partial charge in [0.25, 0.3) is 0 Å². The highest BCUT2D eigenvalue weighted by Crippen LogP contribution is 2.34. The molecule has 0 radical (unpaired) electrons. The molecular formula is C19H16N2O3. The van der Waals surface area contributed by atoms with E-state index in [4.69, 9.17) is 9.63 Å². The van der Waals surface area contributed by atoms with Crippen LogP contribution in [0.15, 0.2) is 53.1 Å². The second-order valence-corrected chi connectivity index (χ2v) is 6.09. The molecule has 0 atom stereocenters. The maximum Gasteiger partial charge on any atom is 0.374 e. The molecule has 5 heteroatoms. The third-order valence-electron chi connectivity index (χ3n) is 4.24. The lowest BCUT2D eigenvalue weighted by Gasteiger charge is -2.11. The van der Waals surface area contributed by atoms with Crippen LogP contribution in [0.1, 0.15) is 30.4 Å². The molecule has 0 fully saturated rings. The number of aromatic carboxylic acids is 1. The summed E-state index contributed by atoms with van der Waals surface area (Å²) in [5.41, 5.74) is 3.70. The molecule has 2 aromatic carbocycles. The number of rotatable bonds is 3. The summed E-state index contributed by atoms with van der Waals surface area (Å²) >= 11 is 0. The number of hydrogen-bond acceptors (Lipinski definition) is 3. The molecule has 0 saturated heterocycles. The predicted molar refractivity (Wildman–Crippen MR) is 92.3 cm³/mol. The van der Waals surface area contributed by atoms with Crippen molar-refractivity contribution in [1.29, 1.82) is 0 Å². The highest BCUT2D eigenvalue weighted by Gasteiger charge is 2.16. The second-order valence-electron chi connectivity index (χ2n) is 6.09. The Bertz CT molecular complexity index is 1070. The molecule has 2 aromatic heterocycles. The van der Waals surface area contributed by atoms with Crippen molar-refractivity contribution >= 4 is 27.8 Å². The van der Waals surface area contributed by atoms with Crippen molar-refractivity contribution in [2.24, 2.45) is 0 Å². The Morgan fingerprint density at radius 2 is 1.83 bits per heavy atom. The number of carboxylic acids is 1. The van der Waals surface area contributed by atoms with Gasteiger partial charge in [0.1, 0.15) is 5.69 Å². The first-order valence-electron chi connectivity index (χ1n) is 7.79. The summed E-state index contributed by atoms with van der Waals surface area (Å²) in [7, 11) is 0. The Morgan fingerprint density at radius 1 is 1.08 bits per heavy atom. The lowest BCUT2D eigenvalue weighted by molar-refractivity contribution is 0.0652. The highest BCUT2D eigenvalue weighted by molar-refractivity contribution is 6.09. The van der Waals surface area contributed by atoms with Gasteiger partial charge in [0.15, 0.2) is 0 Å². The van der Waals surface area contributed by atoms with Crippen LogP contribution in [0.5, 0.6) is 0 Å². The molecule has 5 nitrogen and oxygen atoms in total. The monoisotopic (exact) mass is 320 g/mol. The second kappa shape index (κ2) is 5.23. The normalized spacial score (nSPS) is 11.6. The van der Waals surface area contributed by atoms with Gasteiger partial charge in [-0.05, 0) is 32.0 Å². The van der Waals surface area contributed by atoms with Crippen LogP contribution in [-0.4, -0.2) is 20.8 Å². The van der Waals surface area contributed by atoms with Gasteiger partial charge in [-0.1, -0.05) is 29.4 Å². The number of carboxylic acid groups (broad SMARTS) is 1. The largest absolute Gasteiger partial charge is 0.475 e. The van der Waals surface area contributed by atoms with Crippen LogP contribution in [0.25, 0.3) is 33.1 Å². The van der Waals surface area contributed by atoms with Gasteiger partial charge in [-0.15, -0.1) is 0 Å². The minimum atomic E-state index is -1.12. The molecule has 0 spiro atoms. The summed E-state index contributed by atoms with van der Waals surface area (Å²) < 4.78 is 7.17. The van der Waals surface area contributed by atoms with Gasteiger partial charge in [0, 0.05) is 39.5 Å². The van der Waals surface area contributed by atoms with Crippen molar-refractivity contribution in [1.82, 2.24) is 9.72 Å². The van der Waals surface area contributed by atoms with Crippen molar-refractivity contribution in [2.75, 3.05) is 0 Å². The van der Waals surface area contributed by atoms with E-state index in [1.54, 1.807) is 0 Å². The SMILES string of the molecule is CC(C)n1c2ccccc2c2cc(-c3cc(C(=O)O)on3)ccc21. The van der Waals surface area contributed by atoms with E-state index in [9.17, 15) is 4.79 Å². The first-order chi connectivity index (χ1) is 11.6. The number of aromatic nitrogens is 2. The fourth-order valence-corrected chi connectivity index (χ4v) is 3.23. The third-order valence-corrected chi connectivity index (χ3v) is 4.24. The molecule has 0 aliphatic carbocycles. The molecule has 24 heavy (non-hydrogen) atoms. The predicted octanol–water partition coefficient (Wildman–Crippen LogP) is 4.73. The van der Waals surface area contributed by atoms with Gasteiger partial charge in [0.05, 0.1) is 0 Å². The number of para-hydroxylation sites is 1. The standard InChI is InChI=1S/C19H16N2O3/c1-11(2)21-16-6-4-3-5-13(16)14-9-12(7-8-17(14)21)15-10-18(19(22)23)24-20-15/h3-11H,1-2H3,(H,22,23). The minimum Gasteiger partial charge on any atom is -0.475 e. The van der Waals surface area contributed by atoms with Crippen molar-refractivity contribution in [3.8, 4) is 11.3 Å². The topological polar surface area (TPSA) is 68.3 Å². The van der Waals surface area contributed by atoms with Crippen LogP contribution in [-0.2, 0) is 0 Å². The maximum absolute atomic E-state index is 11.0. The number of fused-ring (bicyclic) bond motifs is 3. The van der Waals surface area contributed by atoms with Crippen LogP contribution in [0, 0.1) is 0 Å². The molecule has 0 saturated carbocycles. The van der Waals surface area contributed by atoms with Crippen molar-refractivity contribution in [3.63, 3.8) is 0 Å². The maximum atomic E-state index is 11.0. The van der Waals surface area contributed by atoms with E-state index < -0.39 is 5.97 Å². The summed E-state index contributed by atoms with van der Waals surface area (Å²) in [5.74, 6) is -1.28. The summed E-state index contributed by atoms with van der Waals surface area (Å²) in [5, 5.41) is 15.2. The highest BCUT2D eigenvalue weighted by atomic mass is 16.5. The molecule has 1 N–H and O–H groups in total. The van der Waals surface area contributed by atoms with E-state index in [1.165, 1.54) is 17.0 Å². The number of nitrogens with zero attached hydrogens (tertiary/aromatic N) is 2. The van der Waals surface area contributed by atoms with Crippen LogP contribution in [0.3, 0.4) is 0 Å². The van der Waals surface area contributed by atoms with Gasteiger partial charge in [-0.2, -0.15) is 0 Å². The van der Waals surface area contributed by atoms with Gasteiger partial charge >= 0.3 is 5.97 Å². The van der Waals surface area contributed by atoms with E-state index in [2.05, 4.69) is 41.8 Å². The Hall–Kier alpha value is -3.08. The molecule has 0 aliphatic rings. The van der Waals surface area contributed by atoms with E-state index in [0.29, 0.717) is 11.7 Å². The van der Waals surface area contributed by atoms with Crippen LogP contribution < -0.4 is 0 Å². The summed E-state index contributed by atoms with van der Waals surface area (Å²) in [4.78, 5) is 11.0. The molecule has 0 bridgehead atoms. The Balaban J connectivity index is 1.98. The fraction of sp³-hybridized carbons (Fsp3) is 0.158. The number of hydrogen-bond donors (Lipinski definition) is 1. The summed E-state index contributed by atoms with van der Waals surface area (Å²) in [6.07, 6.45) is 0. The van der Waals surface area contributed by atoms with Gasteiger partial charge in [-0.3, -0.25) is 0 Å². The average Bonchev–Trinajstić information content (AvgIpc) is 3.17. The molecule has 4 rings (SSSR count). The Kier molecular flexibility index (Phi) is 3.16. The van der Waals surface area contributed by atoms with Gasteiger partial charge in [-0.25, -0.2) is 4.79 Å². The zero-order valence-electron chi connectivity index (χ0n) is 13.4. The first-order valence-corrected chi connectivity index (χ1v) is 7.79. The van der Waals surface area contributed by atoms with Crippen molar-refractivity contribution in [3.05, 3.63) is 54.3 Å². The fourth-order valence-electron chi connectivity index (χ4n) is 3.23. The molecule has 4 aromatic rings. The van der Waals surface area contributed by atoms with Crippen LogP contribution in [0.4, 0.5) is 0 Å². The zero-order chi connectivity index (χ0) is 16.8. The van der Waals surface area contributed by atoms with Crippen LogP contribution in [0.2, 0.25) is 0 Å². The van der Waals surface area contributed by atoms with E-state index >= 15 is 0 Å². The van der Waals surface area contributed by atoms with Gasteiger partial charge < -0.3 is 14.2 Å². The summed E-state index contributed by atoms with van der Waals surface area (Å²) in [6, 6.07) is 16.1. The van der Waals surface area contributed by atoms with E-state index in [1.807, 2.05) is 24.3 Å². The van der Waals surface area contributed by atoms with E-state index in [0.717, 1.165) is 16.5 Å². The number of carbonyl (C=O) groups is 1.